The number of rotatable bonds is 8. The third-order valence-electron chi connectivity index (χ3n) is 8.96. The second-order valence-electron chi connectivity index (χ2n) is 12.3. The molecule has 0 saturated carbocycles. The molecule has 244 valence electrons. The molecule has 6 aromatic rings. The van der Waals surface area contributed by atoms with Gasteiger partial charge < -0.3 is 20.4 Å². The number of carbonyl (C=O) groups excluding carboxylic acids is 2. The minimum Gasteiger partial charge on any atom is -0.353 e. The number of carbonyl (C=O) groups is 2. The number of aryl methyl sites for hydroxylation is 2. The Labute approximate surface area is 279 Å². The first-order valence-electron chi connectivity index (χ1n) is 16.6. The van der Waals surface area contributed by atoms with Crippen molar-refractivity contribution >= 4 is 45.3 Å². The number of fused-ring (bicyclic) bond motifs is 6. The second kappa shape index (κ2) is 13.6. The zero-order valence-corrected chi connectivity index (χ0v) is 27.4. The lowest BCUT2D eigenvalue weighted by Gasteiger charge is -2.18. The van der Waals surface area contributed by atoms with Crippen LogP contribution in [0.2, 0.25) is 0 Å². The van der Waals surface area contributed by atoms with Gasteiger partial charge in [0, 0.05) is 61.2 Å². The lowest BCUT2D eigenvalue weighted by molar-refractivity contribution is 0.0946. The fourth-order valence-electron chi connectivity index (χ4n) is 6.41. The van der Waals surface area contributed by atoms with Gasteiger partial charge in [-0.15, -0.1) is 0 Å². The smallest absolute Gasteiger partial charge is 0.251 e. The van der Waals surface area contributed by atoms with E-state index in [2.05, 4.69) is 52.1 Å². The molecule has 48 heavy (non-hydrogen) atoms. The fourth-order valence-corrected chi connectivity index (χ4v) is 6.41. The van der Waals surface area contributed by atoms with E-state index in [1.807, 2.05) is 98.8 Å². The van der Waals surface area contributed by atoms with Crippen LogP contribution in [-0.4, -0.2) is 70.6 Å². The van der Waals surface area contributed by atoms with Gasteiger partial charge in [0.2, 0.25) is 0 Å². The quantitative estimate of drug-likeness (QED) is 0.238. The van der Waals surface area contributed by atoms with Gasteiger partial charge in [-0.05, 0) is 62.4 Å². The van der Waals surface area contributed by atoms with Gasteiger partial charge in [-0.25, -0.2) is 9.36 Å². The normalized spacial score (nSPS) is 13.3. The number of hydrogen-bond donors (Lipinski definition) is 2. The predicted octanol–water partition coefficient (Wildman–Crippen LogP) is 5.19. The maximum atomic E-state index is 12.2. The van der Waals surface area contributed by atoms with Crippen molar-refractivity contribution in [1.82, 2.24) is 30.2 Å². The third-order valence-corrected chi connectivity index (χ3v) is 8.96. The standard InChI is InChI=1S/2C19H20N4O/c2*1-14-6-8-15(9-7-14)18(24)20-10-11-22-12-13-23-19(22)16-4-2-3-5-17(16)21-23/h2*2-9H,10-13H2,1H3,(H,20,24). The Morgan fingerprint density at radius 1 is 0.562 bits per heavy atom. The molecule has 2 aliphatic rings. The Morgan fingerprint density at radius 2 is 0.958 bits per heavy atom. The van der Waals surface area contributed by atoms with E-state index in [9.17, 15) is 9.59 Å². The summed E-state index contributed by atoms with van der Waals surface area (Å²) in [5.74, 6) is 2.28. The summed E-state index contributed by atoms with van der Waals surface area (Å²) in [5.41, 5.74) is 5.78. The van der Waals surface area contributed by atoms with Gasteiger partial charge in [0.05, 0.1) is 24.1 Å². The van der Waals surface area contributed by atoms with E-state index in [0.29, 0.717) is 24.2 Å². The average Bonchev–Trinajstić information content (AvgIpc) is 3.87. The Balaban J connectivity index is 0.000000152. The maximum absolute atomic E-state index is 12.2. The number of anilines is 2. The number of nitrogens with one attached hydrogen (secondary N) is 2. The molecule has 0 unspecified atom stereocenters. The molecular weight excluding hydrogens is 600 g/mol. The van der Waals surface area contributed by atoms with Crippen molar-refractivity contribution < 1.29 is 9.59 Å². The van der Waals surface area contributed by atoms with Gasteiger partial charge in [-0.2, -0.15) is 10.2 Å². The lowest BCUT2D eigenvalue weighted by atomic mass is 10.1. The molecular formula is C38H40N8O2. The molecule has 0 aliphatic carbocycles. The van der Waals surface area contributed by atoms with E-state index < -0.39 is 0 Å². The van der Waals surface area contributed by atoms with Gasteiger partial charge in [-0.3, -0.25) is 9.59 Å². The Bertz CT molecular complexity index is 1910. The summed E-state index contributed by atoms with van der Waals surface area (Å²) >= 11 is 0. The molecule has 2 aliphatic heterocycles. The molecule has 0 fully saturated rings. The summed E-state index contributed by atoms with van der Waals surface area (Å²) in [4.78, 5) is 29.0. The zero-order chi connectivity index (χ0) is 33.0. The largest absolute Gasteiger partial charge is 0.353 e. The molecule has 0 saturated heterocycles. The first-order valence-corrected chi connectivity index (χ1v) is 16.6. The monoisotopic (exact) mass is 640 g/mol. The van der Waals surface area contributed by atoms with Crippen molar-refractivity contribution in [2.24, 2.45) is 0 Å². The first kappa shape index (κ1) is 31.0. The number of benzene rings is 4. The Kier molecular flexibility index (Phi) is 8.78. The van der Waals surface area contributed by atoms with Crippen LogP contribution in [0.1, 0.15) is 31.8 Å². The second-order valence-corrected chi connectivity index (χ2v) is 12.3. The molecule has 2 amide bonds. The molecule has 0 radical (unpaired) electrons. The van der Waals surface area contributed by atoms with Gasteiger partial charge in [0.25, 0.3) is 11.8 Å². The van der Waals surface area contributed by atoms with Crippen molar-refractivity contribution in [3.05, 3.63) is 119 Å². The highest BCUT2D eigenvalue weighted by atomic mass is 16.2. The molecule has 0 bridgehead atoms. The van der Waals surface area contributed by atoms with E-state index >= 15 is 0 Å². The van der Waals surface area contributed by atoms with Crippen LogP contribution in [0.4, 0.5) is 11.6 Å². The summed E-state index contributed by atoms with van der Waals surface area (Å²) in [6.45, 7) is 10.5. The van der Waals surface area contributed by atoms with Crippen molar-refractivity contribution in [1.29, 1.82) is 0 Å². The van der Waals surface area contributed by atoms with Crippen LogP contribution in [0.3, 0.4) is 0 Å². The van der Waals surface area contributed by atoms with E-state index in [1.165, 1.54) is 10.8 Å². The van der Waals surface area contributed by atoms with E-state index in [-0.39, 0.29) is 11.8 Å². The van der Waals surface area contributed by atoms with Gasteiger partial charge in [0.15, 0.2) is 0 Å². The highest BCUT2D eigenvalue weighted by Crippen LogP contribution is 2.31. The zero-order valence-electron chi connectivity index (χ0n) is 27.4. The average molecular weight is 641 g/mol. The minimum atomic E-state index is -0.0208. The van der Waals surface area contributed by atoms with Crippen molar-refractivity contribution in [2.75, 3.05) is 49.1 Å². The van der Waals surface area contributed by atoms with Crippen LogP contribution in [0, 0.1) is 13.8 Å². The molecule has 10 nitrogen and oxygen atoms in total. The van der Waals surface area contributed by atoms with Gasteiger partial charge in [-0.1, -0.05) is 59.7 Å². The van der Waals surface area contributed by atoms with Crippen molar-refractivity contribution in [3.63, 3.8) is 0 Å². The highest BCUT2D eigenvalue weighted by molar-refractivity contribution is 5.95. The molecule has 0 spiro atoms. The van der Waals surface area contributed by atoms with Crippen molar-refractivity contribution in [3.8, 4) is 0 Å². The third kappa shape index (κ3) is 6.46. The molecule has 10 heteroatoms. The van der Waals surface area contributed by atoms with Crippen molar-refractivity contribution in [2.45, 2.75) is 26.9 Å². The van der Waals surface area contributed by atoms with Crippen LogP contribution < -0.4 is 20.4 Å². The lowest BCUT2D eigenvalue weighted by Crippen LogP contribution is -2.34. The maximum Gasteiger partial charge on any atom is 0.251 e. The van der Waals surface area contributed by atoms with Crippen LogP contribution >= 0.6 is 0 Å². The van der Waals surface area contributed by atoms with Crippen LogP contribution in [0.15, 0.2) is 97.1 Å². The summed E-state index contributed by atoms with van der Waals surface area (Å²) in [6.07, 6.45) is 0. The fraction of sp³-hybridized carbons (Fsp3) is 0.263. The number of hydrogen-bond acceptors (Lipinski definition) is 6. The molecule has 2 aromatic heterocycles. The number of nitrogens with zero attached hydrogens (tertiary/aromatic N) is 6. The molecule has 4 aromatic carbocycles. The van der Waals surface area contributed by atoms with Crippen LogP contribution in [-0.2, 0) is 13.1 Å². The van der Waals surface area contributed by atoms with Gasteiger partial charge >= 0.3 is 0 Å². The molecule has 4 heterocycles. The summed E-state index contributed by atoms with van der Waals surface area (Å²) < 4.78 is 4.12. The highest BCUT2D eigenvalue weighted by Gasteiger charge is 2.24. The summed E-state index contributed by atoms with van der Waals surface area (Å²) in [5, 5.41) is 17.6. The van der Waals surface area contributed by atoms with E-state index in [1.54, 1.807) is 0 Å². The summed E-state index contributed by atoms with van der Waals surface area (Å²) in [6, 6.07) is 31.7. The summed E-state index contributed by atoms with van der Waals surface area (Å²) in [7, 11) is 0. The molecule has 0 atom stereocenters. The van der Waals surface area contributed by atoms with Crippen LogP contribution in [0.5, 0.6) is 0 Å². The van der Waals surface area contributed by atoms with Crippen LogP contribution in [0.25, 0.3) is 21.8 Å². The minimum absolute atomic E-state index is 0.0208. The predicted molar refractivity (Wildman–Crippen MR) is 191 cm³/mol. The molecule has 8 rings (SSSR count). The van der Waals surface area contributed by atoms with E-state index in [0.717, 1.165) is 73.1 Å². The molecule has 2 N–H and O–H groups in total. The Morgan fingerprint density at radius 3 is 1.38 bits per heavy atom. The number of aromatic nitrogens is 4. The Hall–Kier alpha value is -5.64. The SMILES string of the molecule is Cc1ccc(C(=O)NCCN2CCn3nc4ccccc4c32)cc1.Cc1ccc(C(=O)NCCN2CCn3nc4ccccc4c32)cc1. The van der Waals surface area contributed by atoms with Gasteiger partial charge in [0.1, 0.15) is 11.6 Å². The van der Waals surface area contributed by atoms with E-state index in [4.69, 9.17) is 0 Å². The topological polar surface area (TPSA) is 100 Å². The number of amides is 2. The first-order chi connectivity index (χ1) is 23.4.